The zero-order valence-electron chi connectivity index (χ0n) is 10.7. The molecular weight excluding hydrogens is 200 g/mol. The van der Waals surface area contributed by atoms with Crippen LogP contribution in [0.1, 0.15) is 52.9 Å². The summed E-state index contributed by atoms with van der Waals surface area (Å²) in [7, 11) is 0. The molecule has 0 amide bonds. The Morgan fingerprint density at radius 2 is 2.25 bits per heavy atom. The standard InChI is InChI=1S/C14H24O2/c1-4-13(14(15)16)12-7-5-11(6-8-12)9-10(2)3/h7,10-11,13H,4-6,8-9H2,1-3H3,(H,15,16). The van der Waals surface area contributed by atoms with Crippen molar-refractivity contribution < 1.29 is 9.90 Å². The molecule has 1 aliphatic carbocycles. The number of rotatable bonds is 5. The summed E-state index contributed by atoms with van der Waals surface area (Å²) >= 11 is 0. The van der Waals surface area contributed by atoms with Crippen molar-refractivity contribution in [3.05, 3.63) is 11.6 Å². The minimum atomic E-state index is -0.656. The van der Waals surface area contributed by atoms with Crippen molar-refractivity contribution in [3.63, 3.8) is 0 Å². The highest BCUT2D eigenvalue weighted by Crippen LogP contribution is 2.32. The normalized spacial score (nSPS) is 23.0. The molecule has 0 spiro atoms. The second kappa shape index (κ2) is 6.07. The molecule has 2 atom stereocenters. The minimum Gasteiger partial charge on any atom is -0.481 e. The van der Waals surface area contributed by atoms with Crippen molar-refractivity contribution in [3.8, 4) is 0 Å². The summed E-state index contributed by atoms with van der Waals surface area (Å²) in [5.74, 6) is 0.632. The minimum absolute atomic E-state index is 0.236. The van der Waals surface area contributed by atoms with Gasteiger partial charge in [0.1, 0.15) is 0 Å². The molecule has 0 aromatic heterocycles. The van der Waals surface area contributed by atoms with Crippen LogP contribution in [0.4, 0.5) is 0 Å². The summed E-state index contributed by atoms with van der Waals surface area (Å²) in [5.41, 5.74) is 1.16. The third kappa shape index (κ3) is 3.66. The van der Waals surface area contributed by atoms with E-state index >= 15 is 0 Å². The fourth-order valence-electron chi connectivity index (χ4n) is 2.70. The van der Waals surface area contributed by atoms with E-state index in [9.17, 15) is 4.79 Å². The highest BCUT2D eigenvalue weighted by atomic mass is 16.4. The van der Waals surface area contributed by atoms with Crippen molar-refractivity contribution in [2.75, 3.05) is 0 Å². The predicted molar refractivity (Wildman–Crippen MR) is 66.3 cm³/mol. The Morgan fingerprint density at radius 1 is 1.56 bits per heavy atom. The average molecular weight is 224 g/mol. The first kappa shape index (κ1) is 13.3. The summed E-state index contributed by atoms with van der Waals surface area (Å²) < 4.78 is 0. The maximum Gasteiger partial charge on any atom is 0.310 e. The Kier molecular flexibility index (Phi) is 5.04. The van der Waals surface area contributed by atoms with Crippen LogP contribution in [-0.2, 0) is 4.79 Å². The lowest BCUT2D eigenvalue weighted by Gasteiger charge is -2.25. The first-order chi connectivity index (χ1) is 7.54. The van der Waals surface area contributed by atoms with Gasteiger partial charge in [0.15, 0.2) is 0 Å². The van der Waals surface area contributed by atoms with Crippen LogP contribution in [0, 0.1) is 17.8 Å². The Labute approximate surface area is 98.7 Å². The van der Waals surface area contributed by atoms with E-state index in [1.807, 2.05) is 6.92 Å². The Morgan fingerprint density at radius 3 is 2.62 bits per heavy atom. The molecule has 16 heavy (non-hydrogen) atoms. The van der Waals surface area contributed by atoms with Gasteiger partial charge in [0.2, 0.25) is 0 Å². The third-order valence-corrected chi connectivity index (χ3v) is 3.51. The first-order valence-corrected chi connectivity index (χ1v) is 6.46. The van der Waals surface area contributed by atoms with Crippen LogP contribution in [0.2, 0.25) is 0 Å². The molecule has 0 aromatic carbocycles. The van der Waals surface area contributed by atoms with Crippen LogP contribution in [0.25, 0.3) is 0 Å². The van der Waals surface area contributed by atoms with Gasteiger partial charge in [0.25, 0.3) is 0 Å². The quantitative estimate of drug-likeness (QED) is 0.720. The Balaban J connectivity index is 2.54. The van der Waals surface area contributed by atoms with Gasteiger partial charge >= 0.3 is 5.97 Å². The molecule has 0 heterocycles. The monoisotopic (exact) mass is 224 g/mol. The lowest BCUT2D eigenvalue weighted by molar-refractivity contribution is -0.140. The number of aliphatic carboxylic acids is 1. The molecule has 2 heteroatoms. The molecule has 1 N–H and O–H groups in total. The molecule has 0 fully saturated rings. The average Bonchev–Trinajstić information content (AvgIpc) is 2.20. The fourth-order valence-corrected chi connectivity index (χ4v) is 2.70. The lowest BCUT2D eigenvalue weighted by Crippen LogP contribution is -2.19. The summed E-state index contributed by atoms with van der Waals surface area (Å²) in [6, 6.07) is 0. The van der Waals surface area contributed by atoms with Crippen LogP contribution in [0.15, 0.2) is 11.6 Å². The number of carboxylic acid groups (broad SMARTS) is 1. The molecule has 0 radical (unpaired) electrons. The van der Waals surface area contributed by atoms with Crippen LogP contribution in [0.3, 0.4) is 0 Å². The zero-order valence-corrected chi connectivity index (χ0v) is 10.7. The van der Waals surface area contributed by atoms with Crippen LogP contribution in [-0.4, -0.2) is 11.1 Å². The first-order valence-electron chi connectivity index (χ1n) is 6.46. The van der Waals surface area contributed by atoms with E-state index in [4.69, 9.17) is 5.11 Å². The Bertz CT molecular complexity index is 266. The summed E-state index contributed by atoms with van der Waals surface area (Å²) in [6.07, 6.45) is 7.43. The van der Waals surface area contributed by atoms with Gasteiger partial charge in [0.05, 0.1) is 5.92 Å². The van der Waals surface area contributed by atoms with Crippen LogP contribution in [0.5, 0.6) is 0 Å². The number of allylic oxidation sites excluding steroid dienone is 1. The largest absolute Gasteiger partial charge is 0.481 e. The molecule has 1 rings (SSSR count). The van der Waals surface area contributed by atoms with Crippen LogP contribution >= 0.6 is 0 Å². The SMILES string of the molecule is CCC(C(=O)O)C1=CCC(CC(C)C)CC1. The van der Waals surface area contributed by atoms with Crippen molar-refractivity contribution in [1.82, 2.24) is 0 Å². The molecule has 0 saturated carbocycles. The zero-order chi connectivity index (χ0) is 12.1. The number of carboxylic acids is 1. The smallest absolute Gasteiger partial charge is 0.310 e. The van der Waals surface area contributed by atoms with Crippen LogP contribution < -0.4 is 0 Å². The van der Waals surface area contributed by atoms with E-state index in [2.05, 4.69) is 19.9 Å². The molecule has 1 aliphatic rings. The third-order valence-electron chi connectivity index (χ3n) is 3.51. The van der Waals surface area contributed by atoms with Gasteiger partial charge in [-0.1, -0.05) is 32.4 Å². The Hall–Kier alpha value is -0.790. The van der Waals surface area contributed by atoms with Crippen molar-refractivity contribution in [2.24, 2.45) is 17.8 Å². The number of hydrogen-bond acceptors (Lipinski definition) is 1. The van der Waals surface area contributed by atoms with Gasteiger partial charge in [0, 0.05) is 0 Å². The molecule has 0 aliphatic heterocycles. The van der Waals surface area contributed by atoms with Gasteiger partial charge in [-0.15, -0.1) is 0 Å². The highest BCUT2D eigenvalue weighted by Gasteiger charge is 2.24. The molecule has 0 aromatic rings. The summed E-state index contributed by atoms with van der Waals surface area (Å²) in [5, 5.41) is 9.10. The van der Waals surface area contributed by atoms with Crippen molar-refractivity contribution >= 4 is 5.97 Å². The molecule has 2 nitrogen and oxygen atoms in total. The van der Waals surface area contributed by atoms with Gasteiger partial charge in [-0.05, 0) is 43.9 Å². The fraction of sp³-hybridized carbons (Fsp3) is 0.786. The van der Waals surface area contributed by atoms with E-state index in [1.165, 1.54) is 12.8 Å². The second-order valence-electron chi connectivity index (χ2n) is 5.35. The lowest BCUT2D eigenvalue weighted by atomic mass is 9.80. The topological polar surface area (TPSA) is 37.3 Å². The molecule has 92 valence electrons. The van der Waals surface area contributed by atoms with E-state index in [-0.39, 0.29) is 5.92 Å². The van der Waals surface area contributed by atoms with E-state index in [0.29, 0.717) is 0 Å². The molecule has 0 bridgehead atoms. The van der Waals surface area contributed by atoms with Crippen molar-refractivity contribution in [1.29, 1.82) is 0 Å². The van der Waals surface area contributed by atoms with Gasteiger partial charge < -0.3 is 5.11 Å². The number of carbonyl (C=O) groups is 1. The highest BCUT2D eigenvalue weighted by molar-refractivity contribution is 5.73. The molecular formula is C14H24O2. The van der Waals surface area contributed by atoms with E-state index in [1.54, 1.807) is 0 Å². The van der Waals surface area contributed by atoms with Crippen molar-refractivity contribution in [2.45, 2.75) is 52.9 Å². The van der Waals surface area contributed by atoms with Gasteiger partial charge in [-0.25, -0.2) is 0 Å². The summed E-state index contributed by atoms with van der Waals surface area (Å²) in [6.45, 7) is 6.47. The maximum absolute atomic E-state index is 11.0. The number of hydrogen-bond donors (Lipinski definition) is 1. The van der Waals surface area contributed by atoms with E-state index in [0.717, 1.165) is 36.7 Å². The van der Waals surface area contributed by atoms with Gasteiger partial charge in [-0.3, -0.25) is 4.79 Å². The second-order valence-corrected chi connectivity index (χ2v) is 5.35. The predicted octanol–water partition coefficient (Wildman–Crippen LogP) is 3.87. The molecule has 2 unspecified atom stereocenters. The van der Waals surface area contributed by atoms with E-state index < -0.39 is 5.97 Å². The summed E-state index contributed by atoms with van der Waals surface area (Å²) in [4.78, 5) is 11.0. The molecule has 0 saturated heterocycles. The van der Waals surface area contributed by atoms with Gasteiger partial charge in [-0.2, -0.15) is 0 Å². The maximum atomic E-state index is 11.0.